The smallest absolute Gasteiger partial charge is 0.244 e. The topological polar surface area (TPSA) is 102 Å². The van der Waals surface area contributed by atoms with Crippen LogP contribution in [0.4, 0.5) is 5.69 Å². The van der Waals surface area contributed by atoms with Gasteiger partial charge in [-0.3, -0.25) is 19.1 Å². The number of amides is 2. The molecule has 3 heterocycles. The Morgan fingerprint density at radius 1 is 1.21 bits per heavy atom. The molecule has 172 valence electrons. The predicted octanol–water partition coefficient (Wildman–Crippen LogP) is 2.47. The third-order valence-electron chi connectivity index (χ3n) is 5.51. The summed E-state index contributed by atoms with van der Waals surface area (Å²) in [5.74, 6) is 0.185. The van der Waals surface area contributed by atoms with E-state index in [1.807, 2.05) is 30.3 Å². The lowest BCUT2D eigenvalue weighted by atomic mass is 9.93. The molecule has 3 aromatic rings. The molecular formula is C23H26N6O3S. The Labute approximate surface area is 196 Å². The van der Waals surface area contributed by atoms with Crippen LogP contribution in [0, 0.1) is 5.92 Å². The first-order valence-corrected chi connectivity index (χ1v) is 11.8. The first-order chi connectivity index (χ1) is 16.0. The zero-order chi connectivity index (χ0) is 23.2. The number of nitrogens with one attached hydrogen (secondary N) is 1. The molecule has 2 amide bonds. The molecule has 4 rings (SSSR count). The number of piperidine rings is 1. The fourth-order valence-corrected chi connectivity index (χ4v) is 4.54. The predicted molar refractivity (Wildman–Crippen MR) is 125 cm³/mol. The van der Waals surface area contributed by atoms with E-state index >= 15 is 0 Å². The number of hydrogen-bond donors (Lipinski definition) is 1. The normalized spacial score (nSPS) is 15.9. The number of rotatable bonds is 8. The molecule has 0 unspecified atom stereocenters. The van der Waals surface area contributed by atoms with E-state index in [4.69, 9.17) is 0 Å². The average molecular weight is 467 g/mol. The van der Waals surface area contributed by atoms with Crippen LogP contribution in [-0.2, 0) is 23.2 Å². The van der Waals surface area contributed by atoms with Crippen LogP contribution in [0.3, 0.4) is 0 Å². The Balaban J connectivity index is 1.27. The molecule has 10 heteroatoms. The molecule has 1 aliphatic heterocycles. The van der Waals surface area contributed by atoms with Gasteiger partial charge in [0, 0.05) is 49.5 Å². The number of imidazole rings is 1. The standard InChI is InChI=1S/C23H26N6O3S/c1-27-11-9-24-23(27)22(32)17-6-5-10-28(13-17)21(31)15-29-14-18(12-25-29)26-20(30)16-33-19-7-3-2-4-8-19/h2-4,7-9,11-12,14,17H,5-6,10,13,15-16H2,1H3,(H,26,30)/t17-/m0/s1. The second-order valence-corrected chi connectivity index (χ2v) is 9.03. The van der Waals surface area contributed by atoms with Gasteiger partial charge in [-0.05, 0) is 25.0 Å². The number of carbonyl (C=O) groups excluding carboxylic acids is 3. The number of aromatic nitrogens is 4. The molecular weight excluding hydrogens is 440 g/mol. The summed E-state index contributed by atoms with van der Waals surface area (Å²) in [6, 6.07) is 9.70. The van der Waals surface area contributed by atoms with Crippen LogP contribution in [-0.4, -0.2) is 60.7 Å². The highest BCUT2D eigenvalue weighted by atomic mass is 32.2. The van der Waals surface area contributed by atoms with Gasteiger partial charge >= 0.3 is 0 Å². The molecule has 0 spiro atoms. The van der Waals surface area contributed by atoms with Crippen LogP contribution in [0.5, 0.6) is 0 Å². The third-order valence-corrected chi connectivity index (χ3v) is 6.53. The van der Waals surface area contributed by atoms with Crippen LogP contribution in [0.25, 0.3) is 0 Å². The number of likely N-dealkylation sites (tertiary alicyclic amines) is 1. The largest absolute Gasteiger partial charge is 0.340 e. The first kappa shape index (κ1) is 22.8. The minimum absolute atomic E-state index is 0.0301. The van der Waals surface area contributed by atoms with Crippen molar-refractivity contribution >= 4 is 35.0 Å². The Bertz CT molecular complexity index is 1130. The van der Waals surface area contributed by atoms with Crippen molar-refractivity contribution in [2.75, 3.05) is 24.2 Å². The van der Waals surface area contributed by atoms with Crippen molar-refractivity contribution in [3.05, 3.63) is 60.9 Å². The number of anilines is 1. The molecule has 0 aliphatic carbocycles. The molecule has 1 aromatic carbocycles. The van der Waals surface area contributed by atoms with E-state index in [2.05, 4.69) is 15.4 Å². The number of ketones is 1. The van der Waals surface area contributed by atoms with Gasteiger partial charge in [-0.2, -0.15) is 5.10 Å². The van der Waals surface area contributed by atoms with Gasteiger partial charge in [-0.1, -0.05) is 18.2 Å². The number of hydrogen-bond acceptors (Lipinski definition) is 6. The molecule has 0 bridgehead atoms. The molecule has 1 aliphatic rings. The first-order valence-electron chi connectivity index (χ1n) is 10.8. The fraction of sp³-hybridized carbons (Fsp3) is 0.348. The van der Waals surface area contributed by atoms with Gasteiger partial charge in [0.15, 0.2) is 5.82 Å². The zero-order valence-electron chi connectivity index (χ0n) is 18.4. The number of aryl methyl sites for hydroxylation is 1. The van der Waals surface area contributed by atoms with Crippen LogP contribution >= 0.6 is 11.8 Å². The second kappa shape index (κ2) is 10.5. The zero-order valence-corrected chi connectivity index (χ0v) is 19.2. The minimum Gasteiger partial charge on any atom is -0.340 e. The highest BCUT2D eigenvalue weighted by molar-refractivity contribution is 8.00. The molecule has 33 heavy (non-hydrogen) atoms. The van der Waals surface area contributed by atoms with Crippen LogP contribution in [0.2, 0.25) is 0 Å². The van der Waals surface area contributed by atoms with Crippen LogP contribution < -0.4 is 5.32 Å². The summed E-state index contributed by atoms with van der Waals surface area (Å²) in [5, 5.41) is 7.00. The summed E-state index contributed by atoms with van der Waals surface area (Å²) in [5.41, 5.74) is 0.544. The average Bonchev–Trinajstić information content (AvgIpc) is 3.46. The molecule has 1 saturated heterocycles. The molecule has 1 atom stereocenters. The maximum absolute atomic E-state index is 12.8. The van der Waals surface area contributed by atoms with Gasteiger partial charge < -0.3 is 14.8 Å². The molecule has 1 fully saturated rings. The van der Waals surface area contributed by atoms with E-state index in [1.54, 1.807) is 35.1 Å². The van der Waals surface area contributed by atoms with Crippen molar-refractivity contribution in [3.63, 3.8) is 0 Å². The molecule has 1 N–H and O–H groups in total. The minimum atomic E-state index is -0.251. The van der Waals surface area contributed by atoms with Gasteiger partial charge in [0.25, 0.3) is 0 Å². The highest BCUT2D eigenvalue weighted by Crippen LogP contribution is 2.21. The van der Waals surface area contributed by atoms with Gasteiger partial charge in [0.05, 0.1) is 17.6 Å². The summed E-state index contributed by atoms with van der Waals surface area (Å²) in [6.45, 7) is 1.05. The molecule has 0 radical (unpaired) electrons. The summed E-state index contributed by atoms with van der Waals surface area (Å²) in [7, 11) is 1.79. The molecule has 9 nitrogen and oxygen atoms in total. The van der Waals surface area contributed by atoms with Crippen molar-refractivity contribution in [2.45, 2.75) is 24.3 Å². The van der Waals surface area contributed by atoms with E-state index in [0.717, 1.165) is 17.7 Å². The molecule has 2 aromatic heterocycles. The lowest BCUT2D eigenvalue weighted by Crippen LogP contribution is -2.44. The monoisotopic (exact) mass is 466 g/mol. The quantitative estimate of drug-likeness (QED) is 0.404. The SMILES string of the molecule is Cn1ccnc1C(=O)[C@H]1CCCN(C(=O)Cn2cc(NC(=O)CSc3ccccc3)cn2)C1. The van der Waals surface area contributed by atoms with Crippen molar-refractivity contribution in [3.8, 4) is 0 Å². The number of Topliss-reactive ketones (excluding diaryl/α,β-unsaturated/α-hetero) is 1. The lowest BCUT2D eigenvalue weighted by molar-refractivity contribution is -0.133. The molecule has 0 saturated carbocycles. The maximum Gasteiger partial charge on any atom is 0.244 e. The summed E-state index contributed by atoms with van der Waals surface area (Å²) < 4.78 is 3.22. The summed E-state index contributed by atoms with van der Waals surface area (Å²) in [6.07, 6.45) is 8.03. The van der Waals surface area contributed by atoms with E-state index in [9.17, 15) is 14.4 Å². The van der Waals surface area contributed by atoms with Crippen molar-refractivity contribution in [1.29, 1.82) is 0 Å². The Kier molecular flexibility index (Phi) is 7.23. The third kappa shape index (κ3) is 5.89. The van der Waals surface area contributed by atoms with E-state index < -0.39 is 0 Å². The Hall–Kier alpha value is -3.40. The van der Waals surface area contributed by atoms with Crippen molar-refractivity contribution in [2.24, 2.45) is 13.0 Å². The highest BCUT2D eigenvalue weighted by Gasteiger charge is 2.30. The summed E-state index contributed by atoms with van der Waals surface area (Å²) in [4.78, 5) is 44.7. The summed E-state index contributed by atoms with van der Waals surface area (Å²) >= 11 is 1.45. The number of benzene rings is 1. The van der Waals surface area contributed by atoms with Gasteiger partial charge in [-0.25, -0.2) is 4.98 Å². The van der Waals surface area contributed by atoms with Gasteiger partial charge in [-0.15, -0.1) is 11.8 Å². The fourth-order valence-electron chi connectivity index (χ4n) is 3.82. The van der Waals surface area contributed by atoms with E-state index in [-0.39, 0.29) is 35.8 Å². The Morgan fingerprint density at radius 2 is 2.03 bits per heavy atom. The van der Waals surface area contributed by atoms with Crippen molar-refractivity contribution < 1.29 is 14.4 Å². The second-order valence-electron chi connectivity index (χ2n) is 7.98. The number of nitrogens with zero attached hydrogens (tertiary/aromatic N) is 5. The van der Waals surface area contributed by atoms with Crippen LogP contribution in [0.15, 0.2) is 60.0 Å². The number of carbonyl (C=O) groups is 3. The number of thioether (sulfide) groups is 1. The van der Waals surface area contributed by atoms with Crippen LogP contribution in [0.1, 0.15) is 23.5 Å². The van der Waals surface area contributed by atoms with Gasteiger partial charge in [0.1, 0.15) is 6.54 Å². The Morgan fingerprint density at radius 3 is 2.79 bits per heavy atom. The van der Waals surface area contributed by atoms with Crippen molar-refractivity contribution in [1.82, 2.24) is 24.2 Å². The van der Waals surface area contributed by atoms with E-state index in [0.29, 0.717) is 24.6 Å². The lowest BCUT2D eigenvalue weighted by Gasteiger charge is -2.31. The van der Waals surface area contributed by atoms with E-state index in [1.165, 1.54) is 22.6 Å². The maximum atomic E-state index is 12.8. The van der Waals surface area contributed by atoms with Gasteiger partial charge in [0.2, 0.25) is 17.6 Å².